The first-order valence-electron chi connectivity index (χ1n) is 3.25. The van der Waals surface area contributed by atoms with Crippen LogP contribution in [0.3, 0.4) is 0 Å². The lowest BCUT2D eigenvalue weighted by Crippen LogP contribution is -2.48. The van der Waals surface area contributed by atoms with E-state index in [9.17, 15) is 0 Å². The Morgan fingerprint density at radius 2 is 2.38 bits per heavy atom. The largest absolute Gasteiger partial charge is 0.326 e. The fraction of sp³-hybridized carbons (Fsp3) is 1.00. The summed E-state index contributed by atoms with van der Waals surface area (Å²) in [5.74, 6) is 0.838. The molecule has 0 aromatic heterocycles. The summed E-state index contributed by atoms with van der Waals surface area (Å²) >= 11 is 0. The first-order valence-corrected chi connectivity index (χ1v) is 3.25. The van der Waals surface area contributed by atoms with E-state index in [4.69, 9.17) is 5.73 Å². The van der Waals surface area contributed by atoms with Gasteiger partial charge < -0.3 is 10.6 Å². The van der Waals surface area contributed by atoms with Crippen LogP contribution >= 0.6 is 0 Å². The van der Waals surface area contributed by atoms with Crippen LogP contribution < -0.4 is 5.73 Å². The quantitative estimate of drug-likeness (QED) is 0.464. The normalized spacial score (nSPS) is 54.0. The third-order valence-electron chi connectivity index (χ3n) is 2.62. The molecule has 3 atom stereocenters. The lowest BCUT2D eigenvalue weighted by atomic mass is 9.81. The predicted octanol–water partition coefficient (Wildman–Crippen LogP) is -0.352. The molecule has 2 nitrogen and oxygen atoms in total. The van der Waals surface area contributed by atoms with Crippen molar-refractivity contribution in [1.82, 2.24) is 4.90 Å². The number of rotatable bonds is 0. The number of likely N-dealkylation sites (N-methyl/N-ethyl adjacent to an activating group) is 1. The Kier molecular flexibility index (Phi) is 0.746. The molecule has 3 fully saturated rings. The SMILES string of the molecule is CN1CC2CC1C2N. The summed E-state index contributed by atoms with van der Waals surface area (Å²) in [7, 11) is 2.16. The summed E-state index contributed by atoms with van der Waals surface area (Å²) < 4.78 is 0. The average Bonchev–Trinajstić information content (AvgIpc) is 2.19. The summed E-state index contributed by atoms with van der Waals surface area (Å²) in [6.07, 6.45) is 1.36. The molecule has 3 rings (SSSR count). The Morgan fingerprint density at radius 1 is 1.62 bits per heavy atom. The number of hydrogen-bond donors (Lipinski definition) is 1. The Balaban J connectivity index is 2.13. The lowest BCUT2D eigenvalue weighted by molar-refractivity contribution is 0.241. The van der Waals surface area contributed by atoms with E-state index in [1.165, 1.54) is 13.0 Å². The van der Waals surface area contributed by atoms with E-state index in [0.29, 0.717) is 6.04 Å². The summed E-state index contributed by atoms with van der Waals surface area (Å²) in [5.41, 5.74) is 5.78. The molecule has 2 aliphatic heterocycles. The second kappa shape index (κ2) is 1.25. The van der Waals surface area contributed by atoms with Crippen molar-refractivity contribution in [3.05, 3.63) is 0 Å². The summed E-state index contributed by atoms with van der Waals surface area (Å²) in [4.78, 5) is 2.37. The first-order chi connectivity index (χ1) is 3.79. The van der Waals surface area contributed by atoms with E-state index < -0.39 is 0 Å². The molecule has 0 radical (unpaired) electrons. The van der Waals surface area contributed by atoms with Crippen molar-refractivity contribution in [2.45, 2.75) is 18.5 Å². The van der Waals surface area contributed by atoms with Gasteiger partial charge in [-0.25, -0.2) is 0 Å². The highest BCUT2D eigenvalue weighted by Gasteiger charge is 2.47. The molecule has 2 heteroatoms. The van der Waals surface area contributed by atoms with Gasteiger partial charge in [-0.2, -0.15) is 0 Å². The highest BCUT2D eigenvalue weighted by molar-refractivity contribution is 5.05. The van der Waals surface area contributed by atoms with Crippen LogP contribution in [0, 0.1) is 5.92 Å². The predicted molar refractivity (Wildman–Crippen MR) is 32.5 cm³/mol. The van der Waals surface area contributed by atoms with Crippen molar-refractivity contribution >= 4 is 0 Å². The molecule has 46 valence electrons. The monoisotopic (exact) mass is 112 g/mol. The van der Waals surface area contributed by atoms with Crippen molar-refractivity contribution in [2.24, 2.45) is 11.7 Å². The maximum Gasteiger partial charge on any atom is 0.0251 e. The minimum Gasteiger partial charge on any atom is -0.326 e. The van der Waals surface area contributed by atoms with Gasteiger partial charge in [-0.3, -0.25) is 0 Å². The van der Waals surface area contributed by atoms with Gasteiger partial charge in [0.25, 0.3) is 0 Å². The lowest BCUT2D eigenvalue weighted by Gasteiger charge is -2.32. The van der Waals surface area contributed by atoms with E-state index in [1.54, 1.807) is 0 Å². The second-order valence-corrected chi connectivity index (χ2v) is 3.08. The summed E-state index contributed by atoms with van der Waals surface area (Å²) in [6.45, 7) is 1.24. The van der Waals surface area contributed by atoms with Gasteiger partial charge >= 0.3 is 0 Å². The zero-order valence-corrected chi connectivity index (χ0v) is 5.17. The molecule has 0 aromatic carbocycles. The van der Waals surface area contributed by atoms with Gasteiger partial charge in [-0.05, 0) is 19.4 Å². The minimum atomic E-state index is 0.514. The molecule has 0 spiro atoms. The molecule has 0 aromatic rings. The smallest absolute Gasteiger partial charge is 0.0251 e. The van der Waals surface area contributed by atoms with Crippen LogP contribution in [0.15, 0.2) is 0 Å². The Bertz CT molecular complexity index is 109. The number of nitrogens with zero attached hydrogens (tertiary/aromatic N) is 1. The van der Waals surface area contributed by atoms with Gasteiger partial charge in [0.1, 0.15) is 0 Å². The molecule has 2 heterocycles. The van der Waals surface area contributed by atoms with Crippen LogP contribution in [0.1, 0.15) is 6.42 Å². The van der Waals surface area contributed by atoms with Gasteiger partial charge in [-0.1, -0.05) is 0 Å². The zero-order valence-electron chi connectivity index (χ0n) is 5.17. The van der Waals surface area contributed by atoms with Crippen LogP contribution in [-0.4, -0.2) is 30.6 Å². The van der Waals surface area contributed by atoms with Gasteiger partial charge in [-0.15, -0.1) is 0 Å². The van der Waals surface area contributed by atoms with Gasteiger partial charge in [0.05, 0.1) is 0 Å². The van der Waals surface area contributed by atoms with Crippen molar-refractivity contribution in [1.29, 1.82) is 0 Å². The number of fused-ring (bicyclic) bond motifs is 1. The molecule has 3 unspecified atom stereocenters. The number of hydrogen-bond acceptors (Lipinski definition) is 2. The molecule has 2 saturated heterocycles. The highest BCUT2D eigenvalue weighted by atomic mass is 15.2. The fourth-order valence-corrected chi connectivity index (χ4v) is 1.92. The summed E-state index contributed by atoms with van der Waals surface area (Å²) in [5, 5.41) is 0. The highest BCUT2D eigenvalue weighted by Crippen LogP contribution is 2.38. The first kappa shape index (κ1) is 4.77. The second-order valence-electron chi connectivity index (χ2n) is 3.08. The Labute approximate surface area is 49.7 Å². The van der Waals surface area contributed by atoms with Gasteiger partial charge in [0.2, 0.25) is 0 Å². The Morgan fingerprint density at radius 3 is 2.50 bits per heavy atom. The van der Waals surface area contributed by atoms with E-state index in [2.05, 4.69) is 11.9 Å². The van der Waals surface area contributed by atoms with Crippen molar-refractivity contribution in [3.63, 3.8) is 0 Å². The number of nitrogens with two attached hydrogens (primary N) is 1. The molecule has 0 amide bonds. The molecule has 1 aliphatic carbocycles. The van der Waals surface area contributed by atoms with Crippen LogP contribution in [0.25, 0.3) is 0 Å². The molecule has 1 saturated carbocycles. The van der Waals surface area contributed by atoms with Crippen LogP contribution in [0.2, 0.25) is 0 Å². The maximum absolute atomic E-state index is 5.78. The van der Waals surface area contributed by atoms with Crippen LogP contribution in [0.5, 0.6) is 0 Å². The maximum atomic E-state index is 5.78. The van der Waals surface area contributed by atoms with Gasteiger partial charge in [0.15, 0.2) is 0 Å². The molecular weight excluding hydrogens is 100 g/mol. The van der Waals surface area contributed by atoms with Crippen molar-refractivity contribution in [2.75, 3.05) is 13.6 Å². The topological polar surface area (TPSA) is 29.3 Å². The van der Waals surface area contributed by atoms with Crippen LogP contribution in [-0.2, 0) is 0 Å². The van der Waals surface area contributed by atoms with Gasteiger partial charge in [0, 0.05) is 18.6 Å². The van der Waals surface area contributed by atoms with Crippen molar-refractivity contribution in [3.8, 4) is 0 Å². The van der Waals surface area contributed by atoms with E-state index >= 15 is 0 Å². The Hall–Kier alpha value is -0.0800. The molecule has 2 bridgehead atoms. The minimum absolute atomic E-state index is 0.514. The fourth-order valence-electron chi connectivity index (χ4n) is 1.92. The summed E-state index contributed by atoms with van der Waals surface area (Å²) in [6, 6.07) is 1.25. The van der Waals surface area contributed by atoms with E-state index in [-0.39, 0.29) is 0 Å². The molecule has 3 aliphatic rings. The standard InChI is InChI=1S/C6H12N2/c1-8-3-4-2-5(8)6(4)7/h4-6H,2-3,7H2,1H3. The van der Waals surface area contributed by atoms with E-state index in [0.717, 1.165) is 12.0 Å². The molecule has 2 N–H and O–H groups in total. The third kappa shape index (κ3) is 0.361. The average molecular weight is 112 g/mol. The zero-order chi connectivity index (χ0) is 5.72. The molecular formula is C6H12N2. The molecule has 8 heavy (non-hydrogen) atoms. The van der Waals surface area contributed by atoms with Crippen LogP contribution in [0.4, 0.5) is 0 Å². The third-order valence-corrected chi connectivity index (χ3v) is 2.62. The van der Waals surface area contributed by atoms with Crippen molar-refractivity contribution < 1.29 is 0 Å². The van der Waals surface area contributed by atoms with E-state index in [1.807, 2.05) is 0 Å².